The lowest BCUT2D eigenvalue weighted by Crippen LogP contribution is -2.40. The first-order valence-electron chi connectivity index (χ1n) is 10.6. The molecule has 36 heavy (non-hydrogen) atoms. The molecule has 0 spiro atoms. The van der Waals surface area contributed by atoms with Gasteiger partial charge in [0.2, 0.25) is 0 Å². The van der Waals surface area contributed by atoms with Gasteiger partial charge in [0.1, 0.15) is 11.6 Å². The molecule has 0 radical (unpaired) electrons. The van der Waals surface area contributed by atoms with Crippen LogP contribution in [0.2, 0.25) is 0 Å². The minimum absolute atomic E-state index is 0.0386. The Kier molecular flexibility index (Phi) is 6.22. The number of carbonyl (C=O) groups is 2. The number of rotatable bonds is 5. The number of anilines is 2. The lowest BCUT2D eigenvalue weighted by Gasteiger charge is -2.34. The van der Waals surface area contributed by atoms with Gasteiger partial charge in [0.05, 0.1) is 12.6 Å². The van der Waals surface area contributed by atoms with Gasteiger partial charge in [-0.2, -0.15) is 26.3 Å². The summed E-state index contributed by atoms with van der Waals surface area (Å²) in [4.78, 5) is 30.1. The normalized spacial score (nSPS) is 15.8. The maximum Gasteiger partial charge on any atom is 0.493 e. The number of hydrogen-bond acceptors (Lipinski definition) is 5. The zero-order valence-corrected chi connectivity index (χ0v) is 18.7. The average Bonchev–Trinajstić information content (AvgIpc) is 3.12. The first-order chi connectivity index (χ1) is 16.8. The summed E-state index contributed by atoms with van der Waals surface area (Å²) >= 11 is 0. The van der Waals surface area contributed by atoms with Crippen LogP contribution in [0.25, 0.3) is 10.9 Å². The number of aromatic nitrogens is 2. The molecule has 0 bridgehead atoms. The van der Waals surface area contributed by atoms with Crippen LogP contribution < -0.4 is 15.5 Å². The lowest BCUT2D eigenvalue weighted by molar-refractivity contribution is -0.200. The molecule has 2 heterocycles. The van der Waals surface area contributed by atoms with Gasteiger partial charge in [0, 0.05) is 11.1 Å². The smallest absolute Gasteiger partial charge is 0.357 e. The molecule has 1 aliphatic heterocycles. The van der Waals surface area contributed by atoms with E-state index in [1.54, 1.807) is 6.92 Å². The van der Waals surface area contributed by atoms with Crippen molar-refractivity contribution in [2.75, 3.05) is 10.6 Å². The van der Waals surface area contributed by atoms with Crippen molar-refractivity contribution < 1.29 is 40.8 Å². The Morgan fingerprint density at radius 3 is 2.39 bits per heavy atom. The number of nitrogens with zero attached hydrogens (tertiary/aromatic N) is 3. The molecule has 3 aromatic rings. The SMILES string of the molecule is C[C@H](c1ccccc1)N1Cc2cc3c(N[C@@H](C)C(F)(F)F)nn(OC(=O)C(F)(F)F)c3cc2NC1=O. The van der Waals surface area contributed by atoms with E-state index < -0.39 is 36.2 Å². The van der Waals surface area contributed by atoms with E-state index in [1.807, 2.05) is 30.3 Å². The van der Waals surface area contributed by atoms with Crippen LogP contribution in [-0.4, -0.2) is 45.2 Å². The van der Waals surface area contributed by atoms with Crippen molar-refractivity contribution in [2.24, 2.45) is 0 Å². The highest BCUT2D eigenvalue weighted by Gasteiger charge is 2.43. The van der Waals surface area contributed by atoms with E-state index in [-0.39, 0.29) is 34.0 Å². The Bertz CT molecular complexity index is 1310. The monoisotopic (exact) mass is 515 g/mol. The van der Waals surface area contributed by atoms with E-state index in [4.69, 9.17) is 0 Å². The van der Waals surface area contributed by atoms with E-state index in [2.05, 4.69) is 20.6 Å². The van der Waals surface area contributed by atoms with Crippen LogP contribution in [0.3, 0.4) is 0 Å². The van der Waals surface area contributed by atoms with Crippen LogP contribution in [0.15, 0.2) is 42.5 Å². The minimum atomic E-state index is -5.37. The van der Waals surface area contributed by atoms with Crippen molar-refractivity contribution in [3.8, 4) is 0 Å². The van der Waals surface area contributed by atoms with Gasteiger partial charge in [-0.15, -0.1) is 5.10 Å². The zero-order valence-electron chi connectivity index (χ0n) is 18.7. The van der Waals surface area contributed by atoms with E-state index in [0.29, 0.717) is 5.56 Å². The number of carbonyl (C=O) groups excluding carboxylic acids is 2. The molecule has 1 aromatic heterocycles. The number of benzene rings is 2. The van der Waals surface area contributed by atoms with Gasteiger partial charge in [0.25, 0.3) is 0 Å². The quantitative estimate of drug-likeness (QED) is 0.466. The minimum Gasteiger partial charge on any atom is -0.357 e. The number of halogens is 6. The van der Waals surface area contributed by atoms with Gasteiger partial charge >= 0.3 is 24.4 Å². The van der Waals surface area contributed by atoms with Crippen molar-refractivity contribution in [1.82, 2.24) is 14.8 Å². The van der Waals surface area contributed by atoms with Gasteiger partial charge in [-0.25, -0.2) is 9.59 Å². The summed E-state index contributed by atoms with van der Waals surface area (Å²) in [5.41, 5.74) is 1.23. The second-order valence-electron chi connectivity index (χ2n) is 8.18. The van der Waals surface area contributed by atoms with Crippen molar-refractivity contribution in [3.63, 3.8) is 0 Å². The van der Waals surface area contributed by atoms with Gasteiger partial charge in [-0.3, -0.25) is 0 Å². The highest BCUT2D eigenvalue weighted by Crippen LogP contribution is 2.36. The first kappa shape index (κ1) is 25.1. The summed E-state index contributed by atoms with van der Waals surface area (Å²) in [5.74, 6) is -3.07. The van der Waals surface area contributed by atoms with Crippen molar-refractivity contribution in [1.29, 1.82) is 0 Å². The average molecular weight is 515 g/mol. The fourth-order valence-corrected chi connectivity index (χ4v) is 3.69. The second kappa shape index (κ2) is 8.91. The van der Waals surface area contributed by atoms with Gasteiger partial charge < -0.3 is 20.4 Å². The largest absolute Gasteiger partial charge is 0.493 e. The molecule has 0 saturated heterocycles. The van der Waals surface area contributed by atoms with Crippen LogP contribution in [0.4, 0.5) is 42.6 Å². The third-order valence-electron chi connectivity index (χ3n) is 5.71. The zero-order chi connectivity index (χ0) is 26.4. The molecule has 0 saturated carbocycles. The third kappa shape index (κ3) is 4.88. The fraction of sp³-hybridized carbons (Fsp3) is 0.318. The molecule has 2 amide bonds. The Labute approximate surface area is 199 Å². The van der Waals surface area contributed by atoms with Crippen LogP contribution in [0.5, 0.6) is 0 Å². The van der Waals surface area contributed by atoms with Crippen LogP contribution in [0.1, 0.15) is 31.0 Å². The van der Waals surface area contributed by atoms with E-state index in [9.17, 15) is 35.9 Å². The van der Waals surface area contributed by atoms with Crippen LogP contribution in [-0.2, 0) is 11.3 Å². The molecule has 8 nitrogen and oxygen atoms in total. The summed E-state index contributed by atoms with van der Waals surface area (Å²) in [6.07, 6.45) is -10.1. The van der Waals surface area contributed by atoms with E-state index in [0.717, 1.165) is 12.5 Å². The number of hydrogen-bond donors (Lipinski definition) is 2. The Morgan fingerprint density at radius 1 is 1.11 bits per heavy atom. The Morgan fingerprint density at radius 2 is 1.78 bits per heavy atom. The number of nitrogens with one attached hydrogen (secondary N) is 2. The topological polar surface area (TPSA) is 88.5 Å². The molecule has 0 fully saturated rings. The van der Waals surface area contributed by atoms with Crippen LogP contribution >= 0.6 is 0 Å². The predicted octanol–water partition coefficient (Wildman–Crippen LogP) is 5.03. The van der Waals surface area contributed by atoms with E-state index >= 15 is 0 Å². The fourth-order valence-electron chi connectivity index (χ4n) is 3.69. The summed E-state index contributed by atoms with van der Waals surface area (Å²) in [7, 11) is 0. The summed E-state index contributed by atoms with van der Waals surface area (Å²) in [5, 5.41) is 8.31. The Hall–Kier alpha value is -3.97. The van der Waals surface area contributed by atoms with Crippen molar-refractivity contribution in [2.45, 2.75) is 44.8 Å². The van der Waals surface area contributed by atoms with Crippen molar-refractivity contribution >= 4 is 34.4 Å². The second-order valence-corrected chi connectivity index (χ2v) is 8.18. The summed E-state index contributed by atoms with van der Waals surface area (Å²) in [6.45, 7) is 2.65. The summed E-state index contributed by atoms with van der Waals surface area (Å²) < 4.78 is 77.7. The van der Waals surface area contributed by atoms with Crippen LogP contribution in [0, 0.1) is 0 Å². The molecule has 0 unspecified atom stereocenters. The highest BCUT2D eigenvalue weighted by atomic mass is 19.4. The molecular weight excluding hydrogens is 496 g/mol. The third-order valence-corrected chi connectivity index (χ3v) is 5.71. The summed E-state index contributed by atoms with van der Waals surface area (Å²) in [6, 6.07) is 8.67. The molecule has 2 N–H and O–H groups in total. The standard InChI is InChI=1S/C22H19F6N5O3/c1-11(13-6-4-3-5-7-13)32-10-14-8-15-17(9-16(14)30-20(32)35)33(36-19(34)22(26,27)28)31-18(15)29-12(2)21(23,24)25/h3-9,11-12H,10H2,1-2H3,(H,29,31)(H,30,35)/t11-,12+/m1/s1. The molecule has 14 heteroatoms. The lowest BCUT2D eigenvalue weighted by atomic mass is 10.0. The molecular formula is C22H19F6N5O3. The van der Waals surface area contributed by atoms with E-state index in [1.165, 1.54) is 17.0 Å². The number of urea groups is 1. The van der Waals surface area contributed by atoms with Crippen molar-refractivity contribution in [3.05, 3.63) is 53.6 Å². The molecule has 2 atom stereocenters. The molecule has 1 aliphatic rings. The molecule has 2 aromatic carbocycles. The van der Waals surface area contributed by atoms with Gasteiger partial charge in [-0.1, -0.05) is 35.2 Å². The number of alkyl halides is 6. The Balaban J connectivity index is 1.76. The predicted molar refractivity (Wildman–Crippen MR) is 116 cm³/mol. The molecule has 4 rings (SSSR count). The highest BCUT2D eigenvalue weighted by molar-refractivity contribution is 5.99. The maximum absolute atomic E-state index is 13.1. The van der Waals surface area contributed by atoms with Gasteiger partial charge in [-0.05, 0) is 37.1 Å². The molecule has 0 aliphatic carbocycles. The number of fused-ring (bicyclic) bond motifs is 2. The first-order valence-corrected chi connectivity index (χ1v) is 10.6. The molecule has 192 valence electrons. The maximum atomic E-state index is 13.1. The number of amides is 2. The van der Waals surface area contributed by atoms with Gasteiger partial charge in [0.15, 0.2) is 5.82 Å².